The van der Waals surface area contributed by atoms with E-state index in [2.05, 4.69) is 10.4 Å². The SMILES string of the molecule is Cc1cccc(C[C@H](CNC(=O)c2cc(C(C)C)nn2C)C(=O)O)c1. The highest BCUT2D eigenvalue weighted by Gasteiger charge is 2.21. The molecule has 6 heteroatoms. The highest BCUT2D eigenvalue weighted by Crippen LogP contribution is 2.14. The number of carboxylic acids is 1. The zero-order valence-corrected chi connectivity index (χ0v) is 15.1. The monoisotopic (exact) mass is 343 g/mol. The second kappa shape index (κ2) is 7.96. The molecule has 2 aromatic rings. The molecule has 0 unspecified atom stereocenters. The van der Waals surface area contributed by atoms with Gasteiger partial charge in [-0.2, -0.15) is 5.10 Å². The van der Waals surface area contributed by atoms with E-state index in [1.807, 2.05) is 45.0 Å². The lowest BCUT2D eigenvalue weighted by atomic mass is 9.98. The van der Waals surface area contributed by atoms with Crippen LogP contribution in [0.2, 0.25) is 0 Å². The van der Waals surface area contributed by atoms with Gasteiger partial charge in [-0.25, -0.2) is 0 Å². The van der Waals surface area contributed by atoms with Gasteiger partial charge in [0.25, 0.3) is 5.91 Å². The number of carbonyl (C=O) groups is 2. The number of amides is 1. The minimum Gasteiger partial charge on any atom is -0.481 e. The zero-order chi connectivity index (χ0) is 18.6. The minimum absolute atomic E-state index is 0.0737. The van der Waals surface area contributed by atoms with Crippen molar-refractivity contribution in [2.75, 3.05) is 6.54 Å². The zero-order valence-electron chi connectivity index (χ0n) is 15.1. The summed E-state index contributed by atoms with van der Waals surface area (Å²) in [4.78, 5) is 23.9. The van der Waals surface area contributed by atoms with Crippen molar-refractivity contribution in [1.82, 2.24) is 15.1 Å². The van der Waals surface area contributed by atoms with Crippen LogP contribution in [0.3, 0.4) is 0 Å². The Morgan fingerprint density at radius 1 is 1.28 bits per heavy atom. The van der Waals surface area contributed by atoms with Gasteiger partial charge in [-0.15, -0.1) is 0 Å². The lowest BCUT2D eigenvalue weighted by Crippen LogP contribution is -2.35. The normalized spacial score (nSPS) is 12.2. The highest BCUT2D eigenvalue weighted by molar-refractivity contribution is 5.93. The molecule has 2 N–H and O–H groups in total. The summed E-state index contributed by atoms with van der Waals surface area (Å²) in [5.74, 6) is -1.68. The van der Waals surface area contributed by atoms with Crippen molar-refractivity contribution in [2.24, 2.45) is 13.0 Å². The van der Waals surface area contributed by atoms with Crippen molar-refractivity contribution in [3.8, 4) is 0 Å². The van der Waals surface area contributed by atoms with E-state index in [4.69, 9.17) is 0 Å². The second-order valence-electron chi connectivity index (χ2n) is 6.67. The van der Waals surface area contributed by atoms with Crippen LogP contribution < -0.4 is 5.32 Å². The summed E-state index contributed by atoms with van der Waals surface area (Å²) in [5.41, 5.74) is 3.30. The largest absolute Gasteiger partial charge is 0.481 e. The van der Waals surface area contributed by atoms with E-state index in [0.29, 0.717) is 12.1 Å². The predicted octanol–water partition coefficient (Wildman–Crippen LogP) is 2.53. The first-order chi connectivity index (χ1) is 11.8. The molecule has 6 nitrogen and oxygen atoms in total. The van der Waals surface area contributed by atoms with Gasteiger partial charge in [-0.1, -0.05) is 43.7 Å². The number of carbonyl (C=O) groups excluding carboxylic acids is 1. The molecule has 25 heavy (non-hydrogen) atoms. The van der Waals surface area contributed by atoms with Crippen LogP contribution >= 0.6 is 0 Å². The Morgan fingerprint density at radius 3 is 2.56 bits per heavy atom. The van der Waals surface area contributed by atoms with Crippen molar-refractivity contribution in [3.05, 3.63) is 52.8 Å². The van der Waals surface area contributed by atoms with Crippen LogP contribution in [-0.4, -0.2) is 33.3 Å². The Labute approximate surface area is 147 Å². The molecule has 0 saturated heterocycles. The summed E-state index contributed by atoms with van der Waals surface area (Å²) in [6.45, 7) is 6.05. The topological polar surface area (TPSA) is 84.2 Å². The van der Waals surface area contributed by atoms with Crippen LogP contribution in [-0.2, 0) is 18.3 Å². The van der Waals surface area contributed by atoms with E-state index >= 15 is 0 Å². The highest BCUT2D eigenvalue weighted by atomic mass is 16.4. The summed E-state index contributed by atoms with van der Waals surface area (Å²) in [6.07, 6.45) is 0.375. The maximum atomic E-state index is 12.4. The van der Waals surface area contributed by atoms with Gasteiger partial charge in [-0.3, -0.25) is 14.3 Å². The van der Waals surface area contributed by atoms with E-state index in [1.54, 1.807) is 13.1 Å². The molecule has 1 heterocycles. The van der Waals surface area contributed by atoms with E-state index in [0.717, 1.165) is 16.8 Å². The van der Waals surface area contributed by atoms with Crippen molar-refractivity contribution < 1.29 is 14.7 Å². The number of benzene rings is 1. The van der Waals surface area contributed by atoms with Gasteiger partial charge in [0.2, 0.25) is 0 Å². The first-order valence-corrected chi connectivity index (χ1v) is 8.38. The van der Waals surface area contributed by atoms with Crippen LogP contribution in [0.5, 0.6) is 0 Å². The first kappa shape index (κ1) is 18.7. The molecule has 0 spiro atoms. The van der Waals surface area contributed by atoms with E-state index < -0.39 is 11.9 Å². The fourth-order valence-corrected chi connectivity index (χ4v) is 2.66. The average Bonchev–Trinajstić information content (AvgIpc) is 2.93. The molecule has 1 amide bonds. The van der Waals surface area contributed by atoms with Gasteiger partial charge in [0.05, 0.1) is 11.6 Å². The molecule has 1 atom stereocenters. The summed E-state index contributed by atoms with van der Waals surface area (Å²) in [6, 6.07) is 9.49. The van der Waals surface area contributed by atoms with Gasteiger partial charge in [-0.05, 0) is 30.9 Å². The third-order valence-corrected chi connectivity index (χ3v) is 4.15. The second-order valence-corrected chi connectivity index (χ2v) is 6.67. The Kier molecular flexibility index (Phi) is 5.96. The van der Waals surface area contributed by atoms with Gasteiger partial charge < -0.3 is 10.4 Å². The molecule has 0 aliphatic carbocycles. The van der Waals surface area contributed by atoms with Gasteiger partial charge in [0.1, 0.15) is 5.69 Å². The smallest absolute Gasteiger partial charge is 0.308 e. The number of aryl methyl sites for hydroxylation is 2. The molecule has 0 radical (unpaired) electrons. The van der Waals surface area contributed by atoms with E-state index in [-0.39, 0.29) is 18.4 Å². The quantitative estimate of drug-likeness (QED) is 0.809. The molecule has 1 aromatic carbocycles. The van der Waals surface area contributed by atoms with Gasteiger partial charge >= 0.3 is 5.97 Å². The number of hydrogen-bond acceptors (Lipinski definition) is 3. The first-order valence-electron chi connectivity index (χ1n) is 8.38. The summed E-state index contributed by atoms with van der Waals surface area (Å²) in [5, 5.41) is 16.5. The van der Waals surface area contributed by atoms with Crippen molar-refractivity contribution >= 4 is 11.9 Å². The van der Waals surface area contributed by atoms with Crippen molar-refractivity contribution in [2.45, 2.75) is 33.1 Å². The maximum Gasteiger partial charge on any atom is 0.308 e. The van der Waals surface area contributed by atoms with E-state index in [9.17, 15) is 14.7 Å². The Hall–Kier alpha value is -2.63. The van der Waals surface area contributed by atoms with Crippen molar-refractivity contribution in [1.29, 1.82) is 0 Å². The Bertz CT molecular complexity index is 765. The average molecular weight is 343 g/mol. The molecular formula is C19H25N3O3. The number of rotatable bonds is 7. The number of nitrogens with zero attached hydrogens (tertiary/aromatic N) is 2. The molecule has 2 rings (SSSR count). The Balaban J connectivity index is 2.03. The fourth-order valence-electron chi connectivity index (χ4n) is 2.66. The molecule has 134 valence electrons. The Morgan fingerprint density at radius 2 is 2.00 bits per heavy atom. The predicted molar refractivity (Wildman–Crippen MR) is 95.6 cm³/mol. The van der Waals surface area contributed by atoms with Crippen molar-refractivity contribution in [3.63, 3.8) is 0 Å². The molecular weight excluding hydrogens is 318 g/mol. The molecule has 0 saturated carbocycles. The molecule has 0 bridgehead atoms. The summed E-state index contributed by atoms with van der Waals surface area (Å²) < 4.78 is 1.53. The fraction of sp³-hybridized carbons (Fsp3) is 0.421. The number of hydrogen-bond donors (Lipinski definition) is 2. The number of carboxylic acid groups (broad SMARTS) is 1. The van der Waals surface area contributed by atoms with E-state index in [1.165, 1.54) is 4.68 Å². The number of aromatic nitrogens is 2. The van der Waals surface area contributed by atoms with Crippen LogP contribution in [0, 0.1) is 12.8 Å². The van der Waals surface area contributed by atoms with Gasteiger partial charge in [0.15, 0.2) is 0 Å². The lowest BCUT2D eigenvalue weighted by Gasteiger charge is -2.14. The van der Waals surface area contributed by atoms with Crippen LogP contribution in [0.15, 0.2) is 30.3 Å². The lowest BCUT2D eigenvalue weighted by molar-refractivity contribution is -0.141. The third kappa shape index (κ3) is 4.92. The van der Waals surface area contributed by atoms with Crippen LogP contribution in [0.1, 0.15) is 47.1 Å². The molecule has 0 fully saturated rings. The molecule has 0 aliphatic heterocycles. The number of aliphatic carboxylic acids is 1. The number of nitrogens with one attached hydrogen (secondary N) is 1. The standard InChI is InChI=1S/C19H25N3O3/c1-12(2)16-10-17(22(4)21-16)18(23)20-11-15(19(24)25)9-14-7-5-6-13(3)8-14/h5-8,10,12,15H,9,11H2,1-4H3,(H,20,23)(H,24,25)/t15-/m1/s1. The minimum atomic E-state index is -0.922. The van der Waals surface area contributed by atoms with Crippen LogP contribution in [0.4, 0.5) is 0 Å². The molecule has 0 aliphatic rings. The third-order valence-electron chi connectivity index (χ3n) is 4.15. The summed E-state index contributed by atoms with van der Waals surface area (Å²) in [7, 11) is 1.71. The van der Waals surface area contributed by atoms with Gasteiger partial charge in [0, 0.05) is 13.6 Å². The summed E-state index contributed by atoms with van der Waals surface area (Å²) >= 11 is 0. The van der Waals surface area contributed by atoms with Crippen LogP contribution in [0.25, 0.3) is 0 Å². The maximum absolute atomic E-state index is 12.4. The molecule has 1 aromatic heterocycles.